The molecule has 2 rings (SSSR count). The molecule has 1 aliphatic rings. The molecular formula is C17H26O2. The molecule has 19 heavy (non-hydrogen) atoms. The molecule has 0 aromatic heterocycles. The standard InChI is InChI=1S/C17H26O2/c1-12-11-16(19-4)13(2)10-15(12)17(3,18)14-8-6-5-7-9-14/h10-11,14,18H,5-9H2,1-4H3. The second-order valence-corrected chi connectivity index (χ2v) is 6.12. The SMILES string of the molecule is COc1cc(C)c(C(C)(O)C2CCCCC2)cc1C. The molecule has 0 spiro atoms. The first-order chi connectivity index (χ1) is 8.96. The maximum atomic E-state index is 11.0. The number of ether oxygens (including phenoxy) is 1. The Morgan fingerprint density at radius 3 is 2.32 bits per heavy atom. The highest BCUT2D eigenvalue weighted by Gasteiger charge is 2.35. The fraction of sp³-hybridized carbons (Fsp3) is 0.647. The van der Waals surface area contributed by atoms with Gasteiger partial charge in [0.05, 0.1) is 12.7 Å². The van der Waals surface area contributed by atoms with Gasteiger partial charge in [0.1, 0.15) is 5.75 Å². The van der Waals surface area contributed by atoms with E-state index in [1.165, 1.54) is 19.3 Å². The van der Waals surface area contributed by atoms with Crippen LogP contribution in [0.15, 0.2) is 12.1 Å². The van der Waals surface area contributed by atoms with Crippen molar-refractivity contribution in [1.82, 2.24) is 0 Å². The minimum atomic E-state index is -0.721. The molecule has 0 aliphatic heterocycles. The summed E-state index contributed by atoms with van der Waals surface area (Å²) in [5.74, 6) is 1.29. The molecule has 0 bridgehead atoms. The van der Waals surface area contributed by atoms with E-state index in [2.05, 4.69) is 13.0 Å². The monoisotopic (exact) mass is 262 g/mol. The first-order valence-corrected chi connectivity index (χ1v) is 7.35. The van der Waals surface area contributed by atoms with Gasteiger partial charge in [-0.25, -0.2) is 0 Å². The second-order valence-electron chi connectivity index (χ2n) is 6.12. The summed E-state index contributed by atoms with van der Waals surface area (Å²) in [6.45, 7) is 6.09. The Hall–Kier alpha value is -1.02. The predicted octanol–water partition coefficient (Wildman–Crippen LogP) is 4.10. The highest BCUT2D eigenvalue weighted by Crippen LogP contribution is 2.41. The Labute approximate surface area is 116 Å². The van der Waals surface area contributed by atoms with Crippen LogP contribution in [0.25, 0.3) is 0 Å². The third-order valence-electron chi connectivity index (χ3n) is 4.69. The van der Waals surface area contributed by atoms with Crippen molar-refractivity contribution in [2.45, 2.75) is 58.5 Å². The van der Waals surface area contributed by atoms with Crippen molar-refractivity contribution in [3.63, 3.8) is 0 Å². The van der Waals surface area contributed by atoms with Crippen molar-refractivity contribution in [2.75, 3.05) is 7.11 Å². The van der Waals surface area contributed by atoms with Crippen LogP contribution in [0, 0.1) is 19.8 Å². The van der Waals surface area contributed by atoms with Gasteiger partial charge in [-0.15, -0.1) is 0 Å². The number of benzene rings is 1. The van der Waals surface area contributed by atoms with E-state index in [4.69, 9.17) is 4.74 Å². The van der Waals surface area contributed by atoms with Crippen LogP contribution in [0.1, 0.15) is 55.7 Å². The van der Waals surface area contributed by atoms with Crippen LogP contribution in [0.4, 0.5) is 0 Å². The van der Waals surface area contributed by atoms with Gasteiger partial charge in [0, 0.05) is 0 Å². The molecule has 1 atom stereocenters. The highest BCUT2D eigenvalue weighted by atomic mass is 16.5. The van der Waals surface area contributed by atoms with E-state index in [1.54, 1.807) is 7.11 Å². The first kappa shape index (κ1) is 14.4. The summed E-state index contributed by atoms with van der Waals surface area (Å²) >= 11 is 0. The van der Waals surface area contributed by atoms with Gasteiger partial charge in [0.2, 0.25) is 0 Å². The summed E-state index contributed by atoms with van der Waals surface area (Å²) in [5.41, 5.74) is 2.57. The fourth-order valence-corrected chi connectivity index (χ4v) is 3.44. The van der Waals surface area contributed by atoms with Gasteiger partial charge in [-0.05, 0) is 68.4 Å². The second kappa shape index (κ2) is 5.54. The van der Waals surface area contributed by atoms with Crippen LogP contribution in [-0.4, -0.2) is 12.2 Å². The van der Waals surface area contributed by atoms with E-state index in [0.29, 0.717) is 5.92 Å². The van der Waals surface area contributed by atoms with E-state index in [-0.39, 0.29) is 0 Å². The summed E-state index contributed by atoms with van der Waals surface area (Å²) in [6, 6.07) is 4.14. The fourth-order valence-electron chi connectivity index (χ4n) is 3.44. The molecule has 0 radical (unpaired) electrons. The first-order valence-electron chi connectivity index (χ1n) is 7.35. The lowest BCUT2D eigenvalue weighted by atomic mass is 9.73. The third kappa shape index (κ3) is 2.79. The summed E-state index contributed by atoms with van der Waals surface area (Å²) in [6.07, 6.45) is 6.08. The molecule has 1 fully saturated rings. The molecule has 1 N–H and O–H groups in total. The van der Waals surface area contributed by atoms with Gasteiger partial charge >= 0.3 is 0 Å². The average Bonchev–Trinajstić information content (AvgIpc) is 2.41. The number of hydrogen-bond donors (Lipinski definition) is 1. The Morgan fingerprint density at radius 2 is 1.74 bits per heavy atom. The Kier molecular flexibility index (Phi) is 4.19. The van der Waals surface area contributed by atoms with Crippen molar-refractivity contribution < 1.29 is 9.84 Å². The van der Waals surface area contributed by atoms with E-state index >= 15 is 0 Å². The van der Waals surface area contributed by atoms with E-state index in [9.17, 15) is 5.11 Å². The summed E-state index contributed by atoms with van der Waals surface area (Å²) in [7, 11) is 1.70. The van der Waals surface area contributed by atoms with Crippen LogP contribution in [0.3, 0.4) is 0 Å². The quantitative estimate of drug-likeness (QED) is 0.888. The zero-order chi connectivity index (χ0) is 14.0. The van der Waals surface area contributed by atoms with E-state index < -0.39 is 5.60 Å². The molecule has 2 heteroatoms. The molecule has 106 valence electrons. The van der Waals surface area contributed by atoms with Crippen LogP contribution >= 0.6 is 0 Å². The average molecular weight is 262 g/mol. The number of aliphatic hydroxyl groups is 1. The minimum absolute atomic E-state index is 0.382. The largest absolute Gasteiger partial charge is 0.496 e. The van der Waals surface area contributed by atoms with Gasteiger partial charge < -0.3 is 9.84 Å². The molecular weight excluding hydrogens is 236 g/mol. The molecule has 0 amide bonds. The molecule has 1 aromatic rings. The summed E-state index contributed by atoms with van der Waals surface area (Å²) < 4.78 is 5.36. The van der Waals surface area contributed by atoms with Crippen molar-refractivity contribution >= 4 is 0 Å². The molecule has 2 nitrogen and oxygen atoms in total. The van der Waals surface area contributed by atoms with Gasteiger partial charge in [-0.3, -0.25) is 0 Å². The molecule has 1 saturated carbocycles. The molecule has 0 heterocycles. The predicted molar refractivity (Wildman–Crippen MR) is 78.6 cm³/mol. The maximum absolute atomic E-state index is 11.0. The molecule has 0 saturated heterocycles. The van der Waals surface area contributed by atoms with Crippen LogP contribution < -0.4 is 4.74 Å². The third-order valence-corrected chi connectivity index (χ3v) is 4.69. The Morgan fingerprint density at radius 1 is 1.11 bits per heavy atom. The highest BCUT2D eigenvalue weighted by molar-refractivity contribution is 5.44. The van der Waals surface area contributed by atoms with Gasteiger partial charge in [-0.2, -0.15) is 0 Å². The summed E-state index contributed by atoms with van der Waals surface area (Å²) in [4.78, 5) is 0. The normalized spacial score (nSPS) is 20.1. The van der Waals surface area contributed by atoms with E-state index in [1.807, 2.05) is 19.9 Å². The smallest absolute Gasteiger partial charge is 0.122 e. The van der Waals surface area contributed by atoms with Gasteiger partial charge in [-0.1, -0.05) is 19.3 Å². The van der Waals surface area contributed by atoms with Crippen LogP contribution in [0.2, 0.25) is 0 Å². The molecule has 1 aliphatic carbocycles. The Balaban J connectivity index is 2.36. The van der Waals surface area contributed by atoms with Gasteiger partial charge in [0.15, 0.2) is 0 Å². The number of hydrogen-bond acceptors (Lipinski definition) is 2. The maximum Gasteiger partial charge on any atom is 0.122 e. The van der Waals surface area contributed by atoms with Crippen molar-refractivity contribution in [2.24, 2.45) is 5.92 Å². The Bertz CT molecular complexity index is 443. The zero-order valence-corrected chi connectivity index (χ0v) is 12.6. The molecule has 1 aromatic carbocycles. The van der Waals surface area contributed by atoms with Gasteiger partial charge in [0.25, 0.3) is 0 Å². The number of rotatable bonds is 3. The van der Waals surface area contributed by atoms with Crippen molar-refractivity contribution in [1.29, 1.82) is 0 Å². The lowest BCUT2D eigenvalue weighted by Crippen LogP contribution is -2.34. The van der Waals surface area contributed by atoms with Crippen molar-refractivity contribution in [3.8, 4) is 5.75 Å². The van der Waals surface area contributed by atoms with Crippen LogP contribution in [0.5, 0.6) is 5.75 Å². The lowest BCUT2D eigenvalue weighted by Gasteiger charge is -2.37. The van der Waals surface area contributed by atoms with Crippen molar-refractivity contribution in [3.05, 3.63) is 28.8 Å². The number of methoxy groups -OCH3 is 1. The summed E-state index contributed by atoms with van der Waals surface area (Å²) in [5, 5.41) is 11.0. The van der Waals surface area contributed by atoms with E-state index in [0.717, 1.165) is 35.3 Å². The lowest BCUT2D eigenvalue weighted by molar-refractivity contribution is -0.0220. The van der Waals surface area contributed by atoms with Crippen LogP contribution in [-0.2, 0) is 5.60 Å². The zero-order valence-electron chi connectivity index (χ0n) is 12.6. The molecule has 1 unspecified atom stereocenters. The topological polar surface area (TPSA) is 29.5 Å². The minimum Gasteiger partial charge on any atom is -0.496 e. The number of aryl methyl sites for hydroxylation is 2.